The molecule has 0 spiro atoms. The molecule has 140 valence electrons. The second kappa shape index (κ2) is 9.68. The van der Waals surface area contributed by atoms with E-state index in [-0.39, 0.29) is 35.2 Å². The van der Waals surface area contributed by atoms with Crippen LogP contribution in [0.2, 0.25) is 0 Å². The minimum absolute atomic E-state index is 0. The molecule has 1 aliphatic heterocycles. The number of benzene rings is 1. The molecule has 1 aliphatic carbocycles. The Hall–Kier alpha value is -0.930. The van der Waals surface area contributed by atoms with Gasteiger partial charge in [0.25, 0.3) is 0 Å². The summed E-state index contributed by atoms with van der Waals surface area (Å²) in [4.78, 5) is 6.88. The fourth-order valence-electron chi connectivity index (χ4n) is 3.14. The van der Waals surface area contributed by atoms with Crippen LogP contribution in [-0.2, 0) is 10.2 Å². The van der Waals surface area contributed by atoms with Gasteiger partial charge in [0.15, 0.2) is 5.96 Å². The quantitative estimate of drug-likeness (QED) is 0.282. The lowest BCUT2D eigenvalue weighted by Crippen LogP contribution is -2.39. The van der Waals surface area contributed by atoms with Crippen molar-refractivity contribution in [3.8, 4) is 0 Å². The number of nitrogens with one attached hydrogen (secondary N) is 1. The van der Waals surface area contributed by atoms with Crippen LogP contribution >= 0.6 is 24.0 Å². The summed E-state index contributed by atoms with van der Waals surface area (Å²) in [6, 6.07) is 6.85. The summed E-state index contributed by atoms with van der Waals surface area (Å²) in [6.07, 6.45) is 3.12. The van der Waals surface area contributed by atoms with E-state index in [1.165, 1.54) is 6.07 Å². The van der Waals surface area contributed by atoms with Crippen molar-refractivity contribution in [2.45, 2.75) is 24.7 Å². The van der Waals surface area contributed by atoms with Crippen LogP contribution in [0.25, 0.3) is 0 Å². The molecule has 0 radical (unpaired) electrons. The largest absolute Gasteiger partial charge is 0.379 e. The molecule has 1 saturated heterocycles. The Morgan fingerprint density at radius 3 is 2.76 bits per heavy atom. The van der Waals surface area contributed by atoms with Crippen molar-refractivity contribution in [3.63, 3.8) is 0 Å². The van der Waals surface area contributed by atoms with Gasteiger partial charge in [-0.05, 0) is 43.5 Å². The van der Waals surface area contributed by atoms with Gasteiger partial charge >= 0.3 is 0 Å². The zero-order valence-electron chi connectivity index (χ0n) is 14.5. The molecule has 0 bridgehead atoms. The summed E-state index contributed by atoms with van der Waals surface area (Å²) in [6.45, 7) is 6.19. The summed E-state index contributed by atoms with van der Waals surface area (Å²) in [5, 5.41) is 3.18. The molecule has 5 nitrogen and oxygen atoms in total. The molecule has 1 heterocycles. The molecular formula is C18H28FIN4O. The van der Waals surface area contributed by atoms with Gasteiger partial charge in [0, 0.05) is 25.0 Å². The molecule has 7 heteroatoms. The van der Waals surface area contributed by atoms with E-state index in [9.17, 15) is 4.39 Å². The standard InChI is InChI=1S/C18H27FN4O.HI/c19-16-4-1-3-15(13-16)18(5-6-18)14-22-17(20)21-7-2-8-23-9-11-24-12-10-23;/h1,3-4,13H,2,5-12,14H2,(H3,20,21,22);1H. The zero-order valence-corrected chi connectivity index (χ0v) is 16.9. The summed E-state index contributed by atoms with van der Waals surface area (Å²) in [7, 11) is 0. The number of rotatable bonds is 7. The molecule has 2 aliphatic rings. The minimum atomic E-state index is -0.183. The lowest BCUT2D eigenvalue weighted by Gasteiger charge is -2.26. The lowest BCUT2D eigenvalue weighted by atomic mass is 9.96. The number of ether oxygens (including phenoxy) is 1. The summed E-state index contributed by atoms with van der Waals surface area (Å²) >= 11 is 0. The molecule has 0 amide bonds. The van der Waals surface area contributed by atoms with Gasteiger partial charge in [0.05, 0.1) is 19.8 Å². The number of guanidine groups is 1. The van der Waals surface area contributed by atoms with Crippen LogP contribution in [0.3, 0.4) is 0 Å². The summed E-state index contributed by atoms with van der Waals surface area (Å²) < 4.78 is 18.7. The Bertz CT molecular complexity index is 574. The molecule has 25 heavy (non-hydrogen) atoms. The highest BCUT2D eigenvalue weighted by Crippen LogP contribution is 2.48. The van der Waals surface area contributed by atoms with Gasteiger partial charge in [-0.3, -0.25) is 9.89 Å². The van der Waals surface area contributed by atoms with Gasteiger partial charge in [-0.25, -0.2) is 4.39 Å². The van der Waals surface area contributed by atoms with Crippen molar-refractivity contribution in [1.82, 2.24) is 10.2 Å². The van der Waals surface area contributed by atoms with Crippen molar-refractivity contribution in [1.29, 1.82) is 0 Å². The van der Waals surface area contributed by atoms with E-state index in [1.807, 2.05) is 6.07 Å². The maximum absolute atomic E-state index is 13.4. The smallest absolute Gasteiger partial charge is 0.188 e. The molecule has 3 N–H and O–H groups in total. The normalized spacial score (nSPS) is 20.0. The van der Waals surface area contributed by atoms with Crippen molar-refractivity contribution in [2.75, 3.05) is 45.9 Å². The number of halogens is 2. The third-order valence-electron chi connectivity index (χ3n) is 4.90. The molecular weight excluding hydrogens is 434 g/mol. The first kappa shape index (κ1) is 20.4. The first-order valence-electron chi connectivity index (χ1n) is 8.78. The van der Waals surface area contributed by atoms with E-state index in [0.29, 0.717) is 12.5 Å². The third kappa shape index (κ3) is 6.07. The second-order valence-electron chi connectivity index (χ2n) is 6.73. The molecule has 1 saturated carbocycles. The number of nitrogens with zero attached hydrogens (tertiary/aromatic N) is 2. The Kier molecular flexibility index (Phi) is 7.89. The van der Waals surface area contributed by atoms with Crippen molar-refractivity contribution in [2.24, 2.45) is 10.7 Å². The minimum Gasteiger partial charge on any atom is -0.379 e. The van der Waals surface area contributed by atoms with Crippen LogP contribution < -0.4 is 11.1 Å². The first-order chi connectivity index (χ1) is 11.7. The molecule has 1 aromatic rings. The van der Waals surface area contributed by atoms with Crippen molar-refractivity contribution < 1.29 is 9.13 Å². The van der Waals surface area contributed by atoms with Gasteiger partial charge in [0.2, 0.25) is 0 Å². The van der Waals surface area contributed by atoms with E-state index in [2.05, 4.69) is 15.2 Å². The van der Waals surface area contributed by atoms with Crippen LogP contribution in [0.15, 0.2) is 29.3 Å². The maximum Gasteiger partial charge on any atom is 0.188 e. The van der Waals surface area contributed by atoms with Crippen LogP contribution in [0.4, 0.5) is 4.39 Å². The fraction of sp³-hybridized carbons (Fsp3) is 0.611. The number of aliphatic imine (C=N–C) groups is 1. The highest BCUT2D eigenvalue weighted by molar-refractivity contribution is 14.0. The average molecular weight is 462 g/mol. The number of morpholine rings is 1. The topological polar surface area (TPSA) is 62.9 Å². The van der Waals surface area contributed by atoms with E-state index in [1.54, 1.807) is 12.1 Å². The first-order valence-corrected chi connectivity index (χ1v) is 8.78. The number of hydrogen-bond acceptors (Lipinski definition) is 3. The average Bonchev–Trinajstić information content (AvgIpc) is 3.39. The van der Waals surface area contributed by atoms with Gasteiger partial charge in [-0.2, -0.15) is 0 Å². The van der Waals surface area contributed by atoms with E-state index < -0.39 is 0 Å². The summed E-state index contributed by atoms with van der Waals surface area (Å²) in [5.41, 5.74) is 6.99. The molecule has 2 fully saturated rings. The third-order valence-corrected chi connectivity index (χ3v) is 4.90. The number of nitrogens with two attached hydrogens (primary N) is 1. The van der Waals surface area contributed by atoms with Crippen LogP contribution in [-0.4, -0.2) is 56.8 Å². The van der Waals surface area contributed by atoms with Gasteiger partial charge in [-0.15, -0.1) is 24.0 Å². The summed E-state index contributed by atoms with van der Waals surface area (Å²) in [5.74, 6) is 0.302. The maximum atomic E-state index is 13.4. The molecule has 0 aromatic heterocycles. The zero-order chi connectivity index (χ0) is 16.8. The van der Waals surface area contributed by atoms with Crippen LogP contribution in [0.5, 0.6) is 0 Å². The van der Waals surface area contributed by atoms with E-state index in [0.717, 1.165) is 64.2 Å². The second-order valence-corrected chi connectivity index (χ2v) is 6.73. The van der Waals surface area contributed by atoms with Gasteiger partial charge in [0.1, 0.15) is 5.82 Å². The highest BCUT2D eigenvalue weighted by atomic mass is 127. The Morgan fingerprint density at radius 2 is 2.08 bits per heavy atom. The van der Waals surface area contributed by atoms with E-state index >= 15 is 0 Å². The SMILES string of the molecule is I.NC(=NCC1(c2cccc(F)c2)CC1)NCCCN1CCOCC1. The Labute approximate surface area is 166 Å². The monoisotopic (exact) mass is 462 g/mol. The van der Waals surface area contributed by atoms with Crippen LogP contribution in [0.1, 0.15) is 24.8 Å². The molecule has 0 unspecified atom stereocenters. The van der Waals surface area contributed by atoms with Gasteiger partial charge in [-0.1, -0.05) is 12.1 Å². The molecule has 0 atom stereocenters. The molecule has 1 aromatic carbocycles. The molecule has 3 rings (SSSR count). The highest BCUT2D eigenvalue weighted by Gasteiger charge is 2.44. The Balaban J connectivity index is 0.00000225. The number of hydrogen-bond donors (Lipinski definition) is 2. The predicted molar refractivity (Wildman–Crippen MR) is 109 cm³/mol. The van der Waals surface area contributed by atoms with Crippen LogP contribution in [0, 0.1) is 5.82 Å². The Morgan fingerprint density at radius 1 is 1.32 bits per heavy atom. The fourth-order valence-corrected chi connectivity index (χ4v) is 3.14. The van der Waals surface area contributed by atoms with Crippen molar-refractivity contribution >= 4 is 29.9 Å². The van der Waals surface area contributed by atoms with Crippen molar-refractivity contribution in [3.05, 3.63) is 35.6 Å². The lowest BCUT2D eigenvalue weighted by molar-refractivity contribution is 0.0376. The predicted octanol–water partition coefficient (Wildman–Crippen LogP) is 2.10. The van der Waals surface area contributed by atoms with Gasteiger partial charge < -0.3 is 15.8 Å². The van der Waals surface area contributed by atoms with E-state index in [4.69, 9.17) is 10.5 Å².